The number of carbonyl (C=O) groups is 2. The molecular formula is C27H31N5O2. The van der Waals surface area contributed by atoms with Crippen molar-refractivity contribution in [2.45, 2.75) is 50.2 Å². The zero-order valence-corrected chi connectivity index (χ0v) is 19.2. The highest BCUT2D eigenvalue weighted by Crippen LogP contribution is 2.40. The van der Waals surface area contributed by atoms with E-state index in [0.717, 1.165) is 25.1 Å². The van der Waals surface area contributed by atoms with E-state index in [-0.39, 0.29) is 11.8 Å². The molecule has 7 heteroatoms. The Morgan fingerprint density at radius 3 is 2.41 bits per heavy atom. The summed E-state index contributed by atoms with van der Waals surface area (Å²) in [7, 11) is 0. The van der Waals surface area contributed by atoms with Gasteiger partial charge in [0.2, 0.25) is 5.91 Å². The minimum atomic E-state index is -0.629. The van der Waals surface area contributed by atoms with Gasteiger partial charge in [-0.2, -0.15) is 0 Å². The van der Waals surface area contributed by atoms with Crippen LogP contribution in [0.1, 0.15) is 53.3 Å². The van der Waals surface area contributed by atoms with Crippen LogP contribution in [0.15, 0.2) is 79.1 Å². The van der Waals surface area contributed by atoms with Gasteiger partial charge in [0.15, 0.2) is 0 Å². The second-order valence-corrected chi connectivity index (χ2v) is 8.59. The van der Waals surface area contributed by atoms with Gasteiger partial charge in [-0.05, 0) is 62.1 Å². The number of benzene rings is 1. The molecule has 0 spiro atoms. The van der Waals surface area contributed by atoms with Crippen LogP contribution in [0.4, 0.5) is 0 Å². The first-order valence-electron chi connectivity index (χ1n) is 11.9. The van der Waals surface area contributed by atoms with Gasteiger partial charge < -0.3 is 16.0 Å². The van der Waals surface area contributed by atoms with Crippen molar-refractivity contribution in [1.82, 2.24) is 25.9 Å². The molecule has 1 aromatic carbocycles. The van der Waals surface area contributed by atoms with Crippen LogP contribution in [-0.4, -0.2) is 40.4 Å². The third kappa shape index (κ3) is 6.96. The van der Waals surface area contributed by atoms with Crippen LogP contribution in [0.2, 0.25) is 0 Å². The molecule has 0 bridgehead atoms. The maximum Gasteiger partial charge on any atom is 0.270 e. The van der Waals surface area contributed by atoms with Crippen molar-refractivity contribution in [2.24, 2.45) is 0 Å². The van der Waals surface area contributed by atoms with E-state index in [9.17, 15) is 9.59 Å². The molecular weight excluding hydrogens is 426 g/mol. The van der Waals surface area contributed by atoms with Crippen molar-refractivity contribution in [3.8, 4) is 0 Å². The molecule has 3 unspecified atom stereocenters. The first-order valence-corrected chi connectivity index (χ1v) is 11.9. The number of hydrogen-bond donors (Lipinski definition) is 3. The first kappa shape index (κ1) is 23.6. The largest absolute Gasteiger partial charge is 0.349 e. The molecule has 1 saturated carbocycles. The Balaban J connectivity index is 1.24. The highest BCUT2D eigenvalue weighted by atomic mass is 16.2. The molecule has 4 rings (SSSR count). The molecule has 3 aromatic rings. The SMILES string of the molecule is O=C(NC(CCCCNC1CC1c1ccccc1)C(=O)NCc1ccccn1)c1ccccn1. The second-order valence-electron chi connectivity index (χ2n) is 8.59. The lowest BCUT2D eigenvalue weighted by Gasteiger charge is -2.18. The number of nitrogens with zero attached hydrogens (tertiary/aromatic N) is 2. The van der Waals surface area contributed by atoms with Gasteiger partial charge in [-0.1, -0.05) is 42.5 Å². The number of amides is 2. The molecule has 34 heavy (non-hydrogen) atoms. The molecule has 1 aliphatic carbocycles. The highest BCUT2D eigenvalue weighted by molar-refractivity contribution is 5.96. The summed E-state index contributed by atoms with van der Waals surface area (Å²) in [4.78, 5) is 33.8. The summed E-state index contributed by atoms with van der Waals surface area (Å²) < 4.78 is 0. The highest BCUT2D eigenvalue weighted by Gasteiger charge is 2.37. The molecule has 2 aromatic heterocycles. The summed E-state index contributed by atoms with van der Waals surface area (Å²) in [5.41, 5.74) is 2.46. The van der Waals surface area contributed by atoms with Gasteiger partial charge in [0, 0.05) is 24.4 Å². The smallest absolute Gasteiger partial charge is 0.270 e. The quantitative estimate of drug-likeness (QED) is 0.363. The summed E-state index contributed by atoms with van der Waals surface area (Å²) >= 11 is 0. The summed E-state index contributed by atoms with van der Waals surface area (Å²) in [5, 5.41) is 9.37. The predicted octanol–water partition coefficient (Wildman–Crippen LogP) is 3.21. The molecule has 3 N–H and O–H groups in total. The Morgan fingerprint density at radius 2 is 1.68 bits per heavy atom. The van der Waals surface area contributed by atoms with Gasteiger partial charge in [0.05, 0.1) is 12.2 Å². The van der Waals surface area contributed by atoms with Crippen LogP contribution in [-0.2, 0) is 11.3 Å². The van der Waals surface area contributed by atoms with Gasteiger partial charge in [-0.3, -0.25) is 19.6 Å². The van der Waals surface area contributed by atoms with Crippen LogP contribution in [0.25, 0.3) is 0 Å². The van der Waals surface area contributed by atoms with Gasteiger partial charge in [0.25, 0.3) is 5.91 Å². The van der Waals surface area contributed by atoms with Gasteiger partial charge in [-0.15, -0.1) is 0 Å². The van der Waals surface area contributed by atoms with E-state index in [1.807, 2.05) is 24.3 Å². The van der Waals surface area contributed by atoms with Crippen LogP contribution >= 0.6 is 0 Å². The summed E-state index contributed by atoms with van der Waals surface area (Å²) in [5.74, 6) is 0.0404. The van der Waals surface area contributed by atoms with E-state index in [2.05, 4.69) is 50.2 Å². The van der Waals surface area contributed by atoms with Crippen LogP contribution in [0, 0.1) is 0 Å². The fourth-order valence-corrected chi connectivity index (χ4v) is 4.05. The lowest BCUT2D eigenvalue weighted by Crippen LogP contribution is -2.46. The number of nitrogens with one attached hydrogen (secondary N) is 3. The topological polar surface area (TPSA) is 96.0 Å². The molecule has 7 nitrogen and oxygen atoms in total. The lowest BCUT2D eigenvalue weighted by molar-refractivity contribution is -0.123. The van der Waals surface area contributed by atoms with Crippen molar-refractivity contribution >= 4 is 11.8 Å². The van der Waals surface area contributed by atoms with E-state index in [4.69, 9.17) is 0 Å². The fourth-order valence-electron chi connectivity index (χ4n) is 4.05. The number of unbranched alkanes of at least 4 members (excludes halogenated alkanes) is 1. The number of hydrogen-bond acceptors (Lipinski definition) is 5. The fraction of sp³-hybridized carbons (Fsp3) is 0.333. The van der Waals surface area contributed by atoms with Crippen molar-refractivity contribution in [3.63, 3.8) is 0 Å². The molecule has 2 amide bonds. The van der Waals surface area contributed by atoms with E-state index in [1.54, 1.807) is 30.6 Å². The maximum atomic E-state index is 12.9. The zero-order valence-electron chi connectivity index (χ0n) is 19.2. The Labute approximate surface area is 200 Å². The van der Waals surface area contributed by atoms with E-state index < -0.39 is 6.04 Å². The Kier molecular flexibility index (Phi) is 8.35. The first-order chi connectivity index (χ1) is 16.7. The molecule has 1 fully saturated rings. The van der Waals surface area contributed by atoms with Crippen molar-refractivity contribution in [2.75, 3.05) is 6.54 Å². The summed E-state index contributed by atoms with van der Waals surface area (Å²) in [6.45, 7) is 1.21. The third-order valence-corrected chi connectivity index (χ3v) is 6.03. The van der Waals surface area contributed by atoms with Crippen molar-refractivity contribution in [1.29, 1.82) is 0 Å². The van der Waals surface area contributed by atoms with E-state index in [0.29, 0.717) is 30.6 Å². The van der Waals surface area contributed by atoms with Crippen LogP contribution in [0.3, 0.4) is 0 Å². The standard InChI is InChI=1S/C27H31N5O2/c33-26(31-19-21-12-4-7-15-28-21)24(32-27(34)23-13-5-8-16-29-23)14-6-9-17-30-25-18-22(25)20-10-2-1-3-11-20/h1-5,7-8,10-13,15-16,22,24-25,30H,6,9,14,17-19H2,(H,31,33)(H,32,34). The molecule has 0 aliphatic heterocycles. The average Bonchev–Trinajstić information content (AvgIpc) is 3.67. The maximum absolute atomic E-state index is 12.9. The number of rotatable bonds is 12. The molecule has 3 atom stereocenters. The minimum Gasteiger partial charge on any atom is -0.349 e. The van der Waals surface area contributed by atoms with E-state index >= 15 is 0 Å². The van der Waals surface area contributed by atoms with Crippen LogP contribution < -0.4 is 16.0 Å². The monoisotopic (exact) mass is 457 g/mol. The Bertz CT molecular complexity index is 1050. The van der Waals surface area contributed by atoms with Gasteiger partial charge in [-0.25, -0.2) is 0 Å². The predicted molar refractivity (Wildman–Crippen MR) is 131 cm³/mol. The second kappa shape index (κ2) is 12.0. The normalized spacial score (nSPS) is 17.5. The number of pyridine rings is 2. The zero-order chi connectivity index (χ0) is 23.6. The van der Waals surface area contributed by atoms with Gasteiger partial charge >= 0.3 is 0 Å². The van der Waals surface area contributed by atoms with Crippen molar-refractivity contribution < 1.29 is 9.59 Å². The number of aromatic nitrogens is 2. The molecule has 0 radical (unpaired) electrons. The molecule has 0 saturated heterocycles. The van der Waals surface area contributed by atoms with Gasteiger partial charge in [0.1, 0.15) is 11.7 Å². The Hall–Kier alpha value is -3.58. The average molecular weight is 458 g/mol. The summed E-state index contributed by atoms with van der Waals surface area (Å²) in [6.07, 6.45) is 6.74. The van der Waals surface area contributed by atoms with Crippen LogP contribution in [0.5, 0.6) is 0 Å². The van der Waals surface area contributed by atoms with Crippen molar-refractivity contribution in [3.05, 3.63) is 96.1 Å². The lowest BCUT2D eigenvalue weighted by atomic mass is 10.1. The number of carbonyl (C=O) groups excluding carboxylic acids is 2. The third-order valence-electron chi connectivity index (χ3n) is 6.03. The molecule has 2 heterocycles. The summed E-state index contributed by atoms with van der Waals surface area (Å²) in [6, 6.07) is 21.2. The Morgan fingerprint density at radius 1 is 0.912 bits per heavy atom. The minimum absolute atomic E-state index is 0.214. The molecule has 176 valence electrons. The molecule has 1 aliphatic rings. The van der Waals surface area contributed by atoms with E-state index in [1.165, 1.54) is 12.0 Å².